The lowest BCUT2D eigenvalue weighted by Gasteiger charge is -2.28. The SMILES string of the molecule is Cc1cccc(NC(=O)CN2CCCC2C2CCCN2)c1. The van der Waals surface area contributed by atoms with Crippen LogP contribution < -0.4 is 10.6 Å². The van der Waals surface area contributed by atoms with Crippen molar-refractivity contribution in [1.29, 1.82) is 0 Å². The van der Waals surface area contributed by atoms with Crippen LogP contribution in [0.1, 0.15) is 31.2 Å². The molecule has 0 bridgehead atoms. The Morgan fingerprint density at radius 2 is 2.29 bits per heavy atom. The average Bonchev–Trinajstić information content (AvgIpc) is 3.08. The van der Waals surface area contributed by atoms with E-state index in [4.69, 9.17) is 0 Å². The standard InChI is InChI=1S/C17H25N3O/c1-13-5-2-6-14(11-13)19-17(21)12-20-10-4-8-16(20)15-7-3-9-18-15/h2,5-6,11,15-16,18H,3-4,7-10,12H2,1H3,(H,19,21). The fourth-order valence-corrected chi connectivity index (χ4v) is 3.65. The number of hydrogen-bond acceptors (Lipinski definition) is 3. The summed E-state index contributed by atoms with van der Waals surface area (Å²) in [6, 6.07) is 9.10. The molecule has 2 atom stereocenters. The number of benzene rings is 1. The van der Waals surface area contributed by atoms with E-state index >= 15 is 0 Å². The third-order valence-electron chi connectivity index (χ3n) is 4.63. The summed E-state index contributed by atoms with van der Waals surface area (Å²) in [5, 5.41) is 6.61. The minimum atomic E-state index is 0.102. The Morgan fingerprint density at radius 1 is 1.38 bits per heavy atom. The molecule has 2 saturated heterocycles. The van der Waals surface area contributed by atoms with E-state index < -0.39 is 0 Å². The number of nitrogens with one attached hydrogen (secondary N) is 2. The molecule has 0 aromatic heterocycles. The summed E-state index contributed by atoms with van der Waals surface area (Å²) in [7, 11) is 0. The second-order valence-electron chi connectivity index (χ2n) is 6.30. The third-order valence-corrected chi connectivity index (χ3v) is 4.63. The van der Waals surface area contributed by atoms with Crippen LogP contribution in [0.5, 0.6) is 0 Å². The Labute approximate surface area is 126 Å². The maximum absolute atomic E-state index is 12.3. The van der Waals surface area contributed by atoms with Crippen LogP contribution in [0, 0.1) is 6.92 Å². The predicted molar refractivity (Wildman–Crippen MR) is 85.4 cm³/mol. The highest BCUT2D eigenvalue weighted by atomic mass is 16.2. The van der Waals surface area contributed by atoms with Crippen molar-refractivity contribution in [2.24, 2.45) is 0 Å². The molecule has 1 aromatic rings. The summed E-state index contributed by atoms with van der Waals surface area (Å²) in [6.07, 6.45) is 4.95. The lowest BCUT2D eigenvalue weighted by molar-refractivity contribution is -0.117. The molecule has 1 aromatic carbocycles. The minimum Gasteiger partial charge on any atom is -0.325 e. The molecule has 2 aliphatic heterocycles. The number of nitrogens with zero attached hydrogens (tertiary/aromatic N) is 1. The summed E-state index contributed by atoms with van der Waals surface area (Å²) in [6.45, 7) is 4.73. The van der Waals surface area contributed by atoms with Gasteiger partial charge in [-0.2, -0.15) is 0 Å². The van der Waals surface area contributed by atoms with Gasteiger partial charge in [-0.15, -0.1) is 0 Å². The summed E-state index contributed by atoms with van der Waals surface area (Å²) >= 11 is 0. The van der Waals surface area contributed by atoms with E-state index in [0.29, 0.717) is 18.6 Å². The smallest absolute Gasteiger partial charge is 0.238 e. The minimum absolute atomic E-state index is 0.102. The molecule has 2 heterocycles. The number of amides is 1. The molecule has 0 radical (unpaired) electrons. The van der Waals surface area contributed by atoms with Crippen LogP contribution in [-0.2, 0) is 4.79 Å². The maximum atomic E-state index is 12.3. The quantitative estimate of drug-likeness (QED) is 0.892. The van der Waals surface area contributed by atoms with E-state index in [1.807, 2.05) is 31.2 Å². The summed E-state index contributed by atoms with van der Waals surface area (Å²) in [5.41, 5.74) is 2.07. The molecule has 3 rings (SSSR count). The Hall–Kier alpha value is -1.39. The molecule has 1 amide bonds. The van der Waals surface area contributed by atoms with Crippen molar-refractivity contribution < 1.29 is 4.79 Å². The number of carbonyl (C=O) groups is 1. The van der Waals surface area contributed by atoms with Crippen LogP contribution in [0.25, 0.3) is 0 Å². The normalized spacial score (nSPS) is 26.1. The lowest BCUT2D eigenvalue weighted by Crippen LogP contribution is -2.46. The van der Waals surface area contributed by atoms with Gasteiger partial charge in [-0.3, -0.25) is 9.69 Å². The Bertz CT molecular complexity index is 497. The van der Waals surface area contributed by atoms with E-state index in [9.17, 15) is 4.79 Å². The number of likely N-dealkylation sites (tertiary alicyclic amines) is 1. The summed E-state index contributed by atoms with van der Waals surface area (Å²) in [4.78, 5) is 14.6. The fraction of sp³-hybridized carbons (Fsp3) is 0.588. The Balaban J connectivity index is 1.56. The molecule has 4 nitrogen and oxygen atoms in total. The molecule has 4 heteroatoms. The van der Waals surface area contributed by atoms with Crippen molar-refractivity contribution in [3.05, 3.63) is 29.8 Å². The first-order valence-electron chi connectivity index (χ1n) is 8.06. The van der Waals surface area contributed by atoms with Crippen molar-refractivity contribution in [3.63, 3.8) is 0 Å². The number of carbonyl (C=O) groups excluding carboxylic acids is 1. The number of aryl methyl sites for hydroxylation is 1. The fourth-order valence-electron chi connectivity index (χ4n) is 3.65. The highest BCUT2D eigenvalue weighted by molar-refractivity contribution is 5.92. The van der Waals surface area contributed by atoms with Crippen molar-refractivity contribution in [3.8, 4) is 0 Å². The van der Waals surface area contributed by atoms with E-state index in [2.05, 4.69) is 15.5 Å². The van der Waals surface area contributed by atoms with E-state index in [1.54, 1.807) is 0 Å². The number of anilines is 1. The van der Waals surface area contributed by atoms with Gasteiger partial charge in [-0.1, -0.05) is 12.1 Å². The average molecular weight is 287 g/mol. The van der Waals surface area contributed by atoms with E-state index in [-0.39, 0.29) is 5.91 Å². The van der Waals surface area contributed by atoms with Gasteiger partial charge in [0.15, 0.2) is 0 Å². The van der Waals surface area contributed by atoms with Gasteiger partial charge in [0.1, 0.15) is 0 Å². The van der Waals surface area contributed by atoms with E-state index in [1.165, 1.54) is 31.2 Å². The van der Waals surface area contributed by atoms with Crippen LogP contribution >= 0.6 is 0 Å². The maximum Gasteiger partial charge on any atom is 0.238 e. The number of rotatable bonds is 4. The first-order chi connectivity index (χ1) is 10.2. The van der Waals surface area contributed by atoms with Gasteiger partial charge in [-0.05, 0) is 63.4 Å². The number of hydrogen-bond donors (Lipinski definition) is 2. The van der Waals surface area contributed by atoms with Gasteiger partial charge < -0.3 is 10.6 Å². The molecule has 2 N–H and O–H groups in total. The molecule has 2 unspecified atom stereocenters. The van der Waals surface area contributed by atoms with Crippen LogP contribution in [0.3, 0.4) is 0 Å². The second-order valence-corrected chi connectivity index (χ2v) is 6.30. The first-order valence-corrected chi connectivity index (χ1v) is 8.06. The second kappa shape index (κ2) is 6.58. The van der Waals surface area contributed by atoms with Crippen LogP contribution in [0.4, 0.5) is 5.69 Å². The van der Waals surface area contributed by atoms with Crippen molar-refractivity contribution in [1.82, 2.24) is 10.2 Å². The molecule has 0 saturated carbocycles. The Morgan fingerprint density at radius 3 is 3.05 bits per heavy atom. The largest absolute Gasteiger partial charge is 0.325 e. The van der Waals surface area contributed by atoms with Gasteiger partial charge in [0.05, 0.1) is 6.54 Å². The molecule has 21 heavy (non-hydrogen) atoms. The van der Waals surface area contributed by atoms with Gasteiger partial charge in [-0.25, -0.2) is 0 Å². The molecular weight excluding hydrogens is 262 g/mol. The highest BCUT2D eigenvalue weighted by Gasteiger charge is 2.33. The summed E-state index contributed by atoms with van der Waals surface area (Å²) < 4.78 is 0. The van der Waals surface area contributed by atoms with Crippen molar-refractivity contribution in [2.75, 3.05) is 25.0 Å². The lowest BCUT2D eigenvalue weighted by atomic mass is 10.0. The van der Waals surface area contributed by atoms with Crippen LogP contribution in [0.2, 0.25) is 0 Å². The molecule has 2 aliphatic rings. The topological polar surface area (TPSA) is 44.4 Å². The molecule has 114 valence electrons. The zero-order valence-electron chi connectivity index (χ0n) is 12.8. The Kier molecular flexibility index (Phi) is 4.56. The zero-order chi connectivity index (χ0) is 14.7. The van der Waals surface area contributed by atoms with Crippen LogP contribution in [-0.4, -0.2) is 42.5 Å². The molecular formula is C17H25N3O. The van der Waals surface area contributed by atoms with Gasteiger partial charge in [0, 0.05) is 17.8 Å². The van der Waals surface area contributed by atoms with Crippen LogP contribution in [0.15, 0.2) is 24.3 Å². The van der Waals surface area contributed by atoms with Gasteiger partial charge >= 0.3 is 0 Å². The monoisotopic (exact) mass is 287 g/mol. The summed E-state index contributed by atoms with van der Waals surface area (Å²) in [5.74, 6) is 0.102. The van der Waals surface area contributed by atoms with Gasteiger partial charge in [0.25, 0.3) is 0 Å². The van der Waals surface area contributed by atoms with E-state index in [0.717, 1.165) is 18.8 Å². The van der Waals surface area contributed by atoms with Gasteiger partial charge in [0.2, 0.25) is 5.91 Å². The predicted octanol–water partition coefficient (Wildman–Crippen LogP) is 2.15. The van der Waals surface area contributed by atoms with Crippen molar-refractivity contribution >= 4 is 11.6 Å². The molecule has 0 aliphatic carbocycles. The molecule has 0 spiro atoms. The molecule has 2 fully saturated rings. The zero-order valence-corrected chi connectivity index (χ0v) is 12.8. The third kappa shape index (κ3) is 3.63. The van der Waals surface area contributed by atoms with Crippen molar-refractivity contribution in [2.45, 2.75) is 44.7 Å². The first kappa shape index (κ1) is 14.5. The highest BCUT2D eigenvalue weighted by Crippen LogP contribution is 2.24.